The molecule has 12 nitrogen and oxygen atoms in total. The van der Waals surface area contributed by atoms with E-state index in [0.29, 0.717) is 40.8 Å². The highest BCUT2D eigenvalue weighted by Crippen LogP contribution is 2.23. The number of nitrogens with one attached hydrogen (secondary N) is 1. The quantitative estimate of drug-likeness (QED) is 0.150. The largest absolute Gasteiger partial charge is 0.338 e. The van der Waals surface area contributed by atoms with E-state index in [0.717, 1.165) is 64.5 Å². The van der Waals surface area contributed by atoms with Gasteiger partial charge in [-0.2, -0.15) is 10.5 Å². The van der Waals surface area contributed by atoms with E-state index in [1.807, 2.05) is 48.5 Å². The first-order valence-electron chi connectivity index (χ1n) is 20.2. The third kappa shape index (κ3) is 13.8. The smallest absolute Gasteiger partial charge is 0.225 e. The zero-order chi connectivity index (χ0) is 43.9. The Balaban J connectivity index is 0.000000185. The maximum atomic E-state index is 13.9. The molecule has 1 N–H and O–H groups in total. The van der Waals surface area contributed by atoms with Gasteiger partial charge in [-0.15, -0.1) is 0 Å². The van der Waals surface area contributed by atoms with Crippen molar-refractivity contribution in [2.45, 2.75) is 24.9 Å². The zero-order valence-corrected chi connectivity index (χ0v) is 34.2. The number of halogens is 4. The standard InChI is InChI=1S/C22H21FN6.C11H7ClN4.C11H15FN2.CH3F/c23-19-6-2-1-5-17(19)16-28-11-13-29(14-12-28)22-26-10-8-21(27-22)18(15-24)20-7-3-4-9-25-20;12-11-15-6-4-10(16-11)8(7-13)9-3-1-2-5-14-9;12-11-4-2-1-3-10(11)9-14-7-5-13-6-8-14;1-2/h1-10,18H,11-14,16H2;1-6,8H;1-4,13H,5-9H2;1H3/i;;;1D. The van der Waals surface area contributed by atoms with E-state index in [1.54, 1.807) is 55.0 Å². The van der Waals surface area contributed by atoms with E-state index in [1.165, 1.54) is 18.3 Å². The van der Waals surface area contributed by atoms with E-state index < -0.39 is 19.0 Å². The lowest BCUT2D eigenvalue weighted by Crippen LogP contribution is -2.46. The molecule has 0 aliphatic carbocycles. The number of nitriles is 2. The molecule has 2 atom stereocenters. The number of hydrogen-bond donors (Lipinski definition) is 1. The molecule has 2 fully saturated rings. The Kier molecular flexibility index (Phi) is 17.9. The van der Waals surface area contributed by atoms with Crippen molar-refractivity contribution in [3.8, 4) is 12.1 Å². The first kappa shape index (κ1) is 44.2. The van der Waals surface area contributed by atoms with Gasteiger partial charge in [-0.05, 0) is 60.1 Å². The molecule has 2 aliphatic heterocycles. The summed E-state index contributed by atoms with van der Waals surface area (Å²) in [6.45, 7) is 8.45. The highest BCUT2D eigenvalue weighted by molar-refractivity contribution is 6.28. The molecule has 8 rings (SSSR count). The molecular weight excluding hydrogens is 801 g/mol. The molecule has 61 heavy (non-hydrogen) atoms. The van der Waals surface area contributed by atoms with Crippen molar-refractivity contribution in [2.24, 2.45) is 0 Å². The number of nitrogens with zero attached hydrogens (tertiary/aromatic N) is 11. The summed E-state index contributed by atoms with van der Waals surface area (Å²) >= 11 is 5.68. The van der Waals surface area contributed by atoms with Gasteiger partial charge in [-0.25, -0.2) is 28.7 Å². The second-order valence-corrected chi connectivity index (χ2v) is 14.0. The fourth-order valence-corrected chi connectivity index (χ4v) is 6.71. The number of rotatable bonds is 9. The van der Waals surface area contributed by atoms with Gasteiger partial charge in [0, 0.05) is 101 Å². The van der Waals surface area contributed by atoms with Crippen molar-refractivity contribution in [3.05, 3.63) is 173 Å². The molecule has 6 heterocycles. The molecule has 2 aliphatic rings. The van der Waals surface area contributed by atoms with Crippen molar-refractivity contribution in [2.75, 3.05) is 64.4 Å². The average Bonchev–Trinajstić information content (AvgIpc) is 3.31. The van der Waals surface area contributed by atoms with Crippen LogP contribution < -0.4 is 10.2 Å². The summed E-state index contributed by atoms with van der Waals surface area (Å²) in [5.74, 6) is -0.680. The normalized spacial score (nSPS) is 15.0. The Labute approximate surface area is 360 Å². The van der Waals surface area contributed by atoms with E-state index in [2.05, 4.69) is 62.1 Å². The summed E-state index contributed by atoms with van der Waals surface area (Å²) in [5.41, 5.74) is 4.04. The molecular formula is C45H46ClF3N12. The summed E-state index contributed by atoms with van der Waals surface area (Å²) in [6.07, 6.45) is 6.54. The molecule has 0 bridgehead atoms. The number of anilines is 1. The summed E-state index contributed by atoms with van der Waals surface area (Å²) in [4.78, 5) is 31.9. The number of hydrogen-bond acceptors (Lipinski definition) is 12. The van der Waals surface area contributed by atoms with E-state index in [-0.39, 0.29) is 16.9 Å². The highest BCUT2D eigenvalue weighted by Gasteiger charge is 2.23. The summed E-state index contributed by atoms with van der Waals surface area (Å²) < 4.78 is 42.7. The van der Waals surface area contributed by atoms with Crippen molar-refractivity contribution >= 4 is 17.5 Å². The van der Waals surface area contributed by atoms with E-state index in [4.69, 9.17) is 18.2 Å². The Morgan fingerprint density at radius 2 is 1.10 bits per heavy atom. The van der Waals surface area contributed by atoms with Crippen molar-refractivity contribution in [3.63, 3.8) is 0 Å². The molecule has 2 saturated heterocycles. The number of piperazine rings is 2. The highest BCUT2D eigenvalue weighted by atomic mass is 35.5. The molecule has 0 amide bonds. The zero-order valence-electron chi connectivity index (χ0n) is 34.4. The molecule has 2 aromatic carbocycles. The van der Waals surface area contributed by atoms with Crippen LogP contribution in [0.3, 0.4) is 0 Å². The van der Waals surface area contributed by atoms with Crippen LogP contribution in [-0.2, 0) is 13.1 Å². The topological polar surface area (TPSA) is 147 Å². The Morgan fingerprint density at radius 3 is 1.57 bits per heavy atom. The summed E-state index contributed by atoms with van der Waals surface area (Å²) in [6, 6.07) is 32.7. The van der Waals surface area contributed by atoms with E-state index >= 15 is 0 Å². The van der Waals surface area contributed by atoms with Gasteiger partial charge in [0.25, 0.3) is 0 Å². The lowest BCUT2D eigenvalue weighted by Gasteiger charge is -2.34. The lowest BCUT2D eigenvalue weighted by atomic mass is 10.0. The van der Waals surface area contributed by atoms with Gasteiger partial charge in [0.05, 0.1) is 43.4 Å². The molecule has 4 aromatic heterocycles. The van der Waals surface area contributed by atoms with E-state index in [9.17, 15) is 18.4 Å². The molecule has 0 spiro atoms. The van der Waals surface area contributed by atoms with Crippen molar-refractivity contribution in [1.82, 2.24) is 45.0 Å². The van der Waals surface area contributed by atoms with Gasteiger partial charge < -0.3 is 10.2 Å². The predicted octanol–water partition coefficient (Wildman–Crippen LogP) is 6.99. The van der Waals surface area contributed by atoms with Gasteiger partial charge in [0.2, 0.25) is 11.2 Å². The number of pyridine rings is 2. The Morgan fingerprint density at radius 1 is 0.623 bits per heavy atom. The molecule has 0 saturated carbocycles. The fraction of sp³-hybridized carbons (Fsp3) is 0.289. The van der Waals surface area contributed by atoms with Crippen LogP contribution in [0, 0.1) is 34.3 Å². The van der Waals surface area contributed by atoms with Gasteiger partial charge >= 0.3 is 0 Å². The maximum absolute atomic E-state index is 13.9. The number of aromatic nitrogens is 6. The lowest BCUT2D eigenvalue weighted by molar-refractivity contribution is 0.230. The molecule has 314 valence electrons. The van der Waals surface area contributed by atoms with Crippen LogP contribution in [0.5, 0.6) is 0 Å². The Hall–Kier alpha value is -6.36. The maximum Gasteiger partial charge on any atom is 0.225 e. The van der Waals surface area contributed by atoms with Crippen LogP contribution in [0.2, 0.25) is 5.28 Å². The van der Waals surface area contributed by atoms with Crippen molar-refractivity contribution < 1.29 is 14.5 Å². The number of alkyl halides is 1. The van der Waals surface area contributed by atoms with Gasteiger partial charge in [-0.1, -0.05) is 48.5 Å². The minimum atomic E-state index is -1.00. The fourth-order valence-electron chi connectivity index (χ4n) is 6.55. The first-order chi connectivity index (χ1) is 30.3. The summed E-state index contributed by atoms with van der Waals surface area (Å²) in [7, 11) is -1.00. The van der Waals surface area contributed by atoms with Crippen molar-refractivity contribution in [1.29, 1.82) is 10.5 Å². The first-order valence-corrected chi connectivity index (χ1v) is 19.9. The van der Waals surface area contributed by atoms with Crippen LogP contribution in [-0.4, -0.2) is 99.2 Å². The van der Waals surface area contributed by atoms with Crippen LogP contribution in [0.1, 0.15) is 47.1 Å². The molecule has 2 unspecified atom stereocenters. The van der Waals surface area contributed by atoms with Gasteiger partial charge in [0.1, 0.15) is 23.5 Å². The minimum Gasteiger partial charge on any atom is -0.338 e. The predicted molar refractivity (Wildman–Crippen MR) is 228 cm³/mol. The second-order valence-electron chi connectivity index (χ2n) is 13.6. The van der Waals surface area contributed by atoms with Crippen LogP contribution >= 0.6 is 11.6 Å². The summed E-state index contributed by atoms with van der Waals surface area (Å²) in [5, 5.41) is 22.2. The number of benzene rings is 2. The average molecular weight is 848 g/mol. The van der Waals surface area contributed by atoms with Crippen LogP contribution in [0.25, 0.3) is 0 Å². The SMILES string of the molecule is Fc1ccccc1CN1CCNCC1.N#CC(c1ccccn1)c1ccnc(Cl)n1.N#CC(c1ccccn1)c1ccnc(N2CCN(Cc3ccccc3F)CC2)n1.[2H]CF. The third-order valence-electron chi connectivity index (χ3n) is 9.70. The molecule has 6 aromatic rings. The minimum absolute atomic E-state index is 0.0916. The third-order valence-corrected chi connectivity index (χ3v) is 9.88. The Bertz CT molecular complexity index is 2320. The monoisotopic (exact) mass is 847 g/mol. The van der Waals surface area contributed by atoms with Crippen LogP contribution in [0.4, 0.5) is 19.1 Å². The van der Waals surface area contributed by atoms with Crippen LogP contribution in [0.15, 0.2) is 122 Å². The second kappa shape index (κ2) is 24.7. The molecule has 16 heteroatoms. The van der Waals surface area contributed by atoms with Gasteiger partial charge in [0.15, 0.2) is 0 Å². The molecule has 0 radical (unpaired) electrons. The van der Waals surface area contributed by atoms with Gasteiger partial charge in [-0.3, -0.25) is 24.2 Å².